The summed E-state index contributed by atoms with van der Waals surface area (Å²) in [6.45, 7) is 5.11. The van der Waals surface area contributed by atoms with Crippen molar-refractivity contribution in [2.75, 3.05) is 33.7 Å². The molecule has 0 bridgehead atoms. The van der Waals surface area contributed by atoms with Gasteiger partial charge in [-0.15, -0.1) is 11.3 Å². The predicted molar refractivity (Wildman–Crippen MR) is 84.7 cm³/mol. The van der Waals surface area contributed by atoms with E-state index in [1.165, 1.54) is 11.3 Å². The third kappa shape index (κ3) is 6.32. The summed E-state index contributed by atoms with van der Waals surface area (Å²) >= 11 is 1.33. The summed E-state index contributed by atoms with van der Waals surface area (Å²) in [4.78, 5) is 3.14. The van der Waals surface area contributed by atoms with Gasteiger partial charge in [-0.2, -0.15) is 0 Å². The van der Waals surface area contributed by atoms with Gasteiger partial charge in [0.25, 0.3) is 0 Å². The lowest BCUT2D eigenvalue weighted by Gasteiger charge is -2.09. The van der Waals surface area contributed by atoms with Crippen LogP contribution in [0.2, 0.25) is 0 Å². The van der Waals surface area contributed by atoms with Crippen molar-refractivity contribution in [2.24, 2.45) is 0 Å². The van der Waals surface area contributed by atoms with Crippen molar-refractivity contribution in [3.05, 3.63) is 17.0 Å². The van der Waals surface area contributed by atoms with Gasteiger partial charge < -0.3 is 10.2 Å². The van der Waals surface area contributed by atoms with E-state index in [9.17, 15) is 8.42 Å². The zero-order valence-electron chi connectivity index (χ0n) is 12.5. The molecule has 0 aliphatic heterocycles. The lowest BCUT2D eigenvalue weighted by molar-refractivity contribution is 0.394. The van der Waals surface area contributed by atoms with Crippen LogP contribution in [0.15, 0.2) is 16.3 Å². The molecule has 1 rings (SSSR count). The Labute approximate surface area is 126 Å². The normalized spacial score (nSPS) is 12.2. The maximum atomic E-state index is 12.1. The highest BCUT2D eigenvalue weighted by atomic mass is 32.2. The molecular formula is C13H25N3O2S2. The van der Waals surface area contributed by atoms with Gasteiger partial charge in [0.05, 0.1) is 0 Å². The molecular weight excluding hydrogens is 294 g/mol. The van der Waals surface area contributed by atoms with Gasteiger partial charge in [-0.3, -0.25) is 0 Å². The molecule has 20 heavy (non-hydrogen) atoms. The van der Waals surface area contributed by atoms with Crippen LogP contribution in [0.1, 0.15) is 24.6 Å². The maximum absolute atomic E-state index is 12.1. The van der Waals surface area contributed by atoms with Crippen LogP contribution >= 0.6 is 11.3 Å². The minimum absolute atomic E-state index is 0.401. The van der Waals surface area contributed by atoms with Gasteiger partial charge in [0.1, 0.15) is 4.21 Å². The molecule has 0 fully saturated rings. The number of nitrogens with one attached hydrogen (secondary N) is 2. The van der Waals surface area contributed by atoms with E-state index in [4.69, 9.17) is 0 Å². The quantitative estimate of drug-likeness (QED) is 0.641. The van der Waals surface area contributed by atoms with E-state index < -0.39 is 10.0 Å². The third-order valence-corrected chi connectivity index (χ3v) is 5.81. The van der Waals surface area contributed by atoms with Gasteiger partial charge in [0.15, 0.2) is 0 Å². The summed E-state index contributed by atoms with van der Waals surface area (Å²) in [7, 11) is 0.693. The van der Waals surface area contributed by atoms with Crippen molar-refractivity contribution in [2.45, 2.75) is 30.5 Å². The first-order valence-electron chi connectivity index (χ1n) is 6.89. The lowest BCUT2D eigenvalue weighted by Crippen LogP contribution is -2.24. The van der Waals surface area contributed by atoms with E-state index >= 15 is 0 Å². The van der Waals surface area contributed by atoms with Crippen LogP contribution in [-0.2, 0) is 16.6 Å². The van der Waals surface area contributed by atoms with Crippen LogP contribution in [-0.4, -0.2) is 47.0 Å². The highest BCUT2D eigenvalue weighted by molar-refractivity contribution is 7.91. The average molecular weight is 319 g/mol. The molecule has 0 atom stereocenters. The maximum Gasteiger partial charge on any atom is 0.250 e. The second-order valence-corrected chi connectivity index (χ2v) is 8.07. The van der Waals surface area contributed by atoms with Crippen LogP contribution in [0.4, 0.5) is 0 Å². The second-order valence-electron chi connectivity index (χ2n) is 4.91. The molecule has 2 N–H and O–H groups in total. The molecule has 0 radical (unpaired) electrons. The summed E-state index contributed by atoms with van der Waals surface area (Å²) < 4.78 is 27.2. The molecule has 7 heteroatoms. The number of sulfonamides is 1. The number of nitrogens with zero attached hydrogens (tertiary/aromatic N) is 1. The first-order chi connectivity index (χ1) is 9.45. The van der Waals surface area contributed by atoms with E-state index in [0.717, 1.165) is 37.4 Å². The van der Waals surface area contributed by atoms with Crippen molar-refractivity contribution >= 4 is 21.4 Å². The zero-order valence-corrected chi connectivity index (χ0v) is 14.1. The molecule has 0 aromatic carbocycles. The summed E-state index contributed by atoms with van der Waals surface area (Å²) in [5, 5.41) is 3.19. The van der Waals surface area contributed by atoms with Gasteiger partial charge in [0, 0.05) is 18.0 Å². The Hall–Kier alpha value is -0.470. The Bertz CT molecular complexity index is 484. The minimum Gasteiger partial charge on any atom is -0.312 e. The van der Waals surface area contributed by atoms with Gasteiger partial charge in [-0.05, 0) is 52.2 Å². The van der Waals surface area contributed by atoms with Crippen LogP contribution in [0, 0.1) is 0 Å². The molecule has 0 aliphatic carbocycles. The topological polar surface area (TPSA) is 61.4 Å². The average Bonchev–Trinajstić information content (AvgIpc) is 2.85. The van der Waals surface area contributed by atoms with E-state index in [1.54, 1.807) is 6.07 Å². The molecule has 0 saturated heterocycles. The van der Waals surface area contributed by atoms with E-state index in [-0.39, 0.29) is 0 Å². The van der Waals surface area contributed by atoms with Gasteiger partial charge in [-0.1, -0.05) is 6.92 Å². The van der Waals surface area contributed by atoms with Gasteiger partial charge in [0.2, 0.25) is 10.0 Å². The van der Waals surface area contributed by atoms with Crippen molar-refractivity contribution in [3.8, 4) is 0 Å². The standard InChI is InChI=1S/C13H25N3O2S2/c1-4-14-11-12-7-8-13(19-12)20(17,18)15-9-5-6-10-16(2)3/h7-8,14-15H,4-6,9-11H2,1-3H3. The van der Waals surface area contributed by atoms with Crippen LogP contribution in [0.5, 0.6) is 0 Å². The van der Waals surface area contributed by atoms with Crippen molar-refractivity contribution < 1.29 is 8.42 Å². The number of unbranched alkanes of at least 4 members (excludes halogenated alkanes) is 1. The van der Waals surface area contributed by atoms with Gasteiger partial charge >= 0.3 is 0 Å². The molecule has 5 nitrogen and oxygen atoms in total. The summed E-state index contributed by atoms with van der Waals surface area (Å²) in [6, 6.07) is 3.55. The van der Waals surface area contributed by atoms with Gasteiger partial charge in [-0.25, -0.2) is 13.1 Å². The molecule has 1 aromatic heterocycles. The Balaban J connectivity index is 2.41. The first-order valence-corrected chi connectivity index (χ1v) is 9.19. The van der Waals surface area contributed by atoms with Crippen LogP contribution in [0.25, 0.3) is 0 Å². The largest absolute Gasteiger partial charge is 0.312 e. The number of thiophene rings is 1. The fraction of sp³-hybridized carbons (Fsp3) is 0.692. The first kappa shape index (κ1) is 17.6. The van der Waals surface area contributed by atoms with Crippen molar-refractivity contribution in [1.82, 2.24) is 14.9 Å². The Kier molecular flexibility index (Phi) is 7.68. The predicted octanol–water partition coefficient (Wildman–Crippen LogP) is 1.48. The molecule has 116 valence electrons. The van der Waals surface area contributed by atoms with Crippen molar-refractivity contribution in [3.63, 3.8) is 0 Å². The zero-order chi connectivity index (χ0) is 15.0. The molecule has 0 spiro atoms. The number of rotatable bonds is 10. The smallest absolute Gasteiger partial charge is 0.250 e. The number of hydrogen-bond acceptors (Lipinski definition) is 5. The summed E-state index contributed by atoms with van der Waals surface area (Å²) in [6.07, 6.45) is 1.85. The second kappa shape index (κ2) is 8.74. The minimum atomic E-state index is -3.34. The lowest BCUT2D eigenvalue weighted by atomic mass is 10.3. The van der Waals surface area contributed by atoms with Crippen LogP contribution < -0.4 is 10.0 Å². The molecule has 0 amide bonds. The van der Waals surface area contributed by atoms with Crippen LogP contribution in [0.3, 0.4) is 0 Å². The summed E-state index contributed by atoms with van der Waals surface area (Å²) in [5.41, 5.74) is 0. The molecule has 1 aromatic rings. The highest BCUT2D eigenvalue weighted by Crippen LogP contribution is 2.21. The van der Waals surface area contributed by atoms with Crippen molar-refractivity contribution in [1.29, 1.82) is 0 Å². The monoisotopic (exact) mass is 319 g/mol. The van der Waals surface area contributed by atoms with E-state index in [1.807, 2.05) is 27.1 Å². The molecule has 0 saturated carbocycles. The highest BCUT2D eigenvalue weighted by Gasteiger charge is 2.15. The molecule has 0 aliphatic rings. The van der Waals surface area contributed by atoms with E-state index in [0.29, 0.717) is 10.8 Å². The third-order valence-electron chi connectivity index (χ3n) is 2.78. The SMILES string of the molecule is CCNCc1ccc(S(=O)(=O)NCCCCN(C)C)s1. The molecule has 1 heterocycles. The Morgan fingerprint density at radius 1 is 1.25 bits per heavy atom. The molecule has 0 unspecified atom stereocenters. The fourth-order valence-electron chi connectivity index (χ4n) is 1.68. The Morgan fingerprint density at radius 3 is 2.65 bits per heavy atom. The fourth-order valence-corrected chi connectivity index (χ4v) is 4.12. The van der Waals surface area contributed by atoms with E-state index in [2.05, 4.69) is 14.9 Å². The number of hydrogen-bond donors (Lipinski definition) is 2. The summed E-state index contributed by atoms with van der Waals surface area (Å²) in [5.74, 6) is 0. The Morgan fingerprint density at radius 2 is 2.00 bits per heavy atom.